The Morgan fingerprint density at radius 3 is 2.86 bits per heavy atom. The molecule has 118 valence electrons. The number of ether oxygens (including phenoxy) is 2. The zero-order valence-electron chi connectivity index (χ0n) is 13.8. The second kappa shape index (κ2) is 7.28. The van der Waals surface area contributed by atoms with Crippen LogP contribution in [0.5, 0.6) is 5.75 Å². The highest BCUT2D eigenvalue weighted by Gasteiger charge is 2.33. The summed E-state index contributed by atoms with van der Waals surface area (Å²) < 4.78 is 11.5. The lowest BCUT2D eigenvalue weighted by atomic mass is 9.82. The zero-order valence-corrected chi connectivity index (χ0v) is 13.8. The average Bonchev–Trinajstić information content (AvgIpc) is 2.51. The molecule has 2 atom stereocenters. The predicted molar refractivity (Wildman–Crippen MR) is 87.1 cm³/mol. The Labute approximate surface area is 129 Å². The molecular formula is C18H29NO2. The van der Waals surface area contributed by atoms with Crippen molar-refractivity contribution in [3.8, 4) is 5.75 Å². The number of fused-ring (bicyclic) bond motifs is 1. The molecule has 0 saturated carbocycles. The molecule has 21 heavy (non-hydrogen) atoms. The number of hydrogen-bond acceptors (Lipinski definition) is 3. The molecule has 0 radical (unpaired) electrons. The Bertz CT molecular complexity index is 445. The predicted octanol–water partition coefficient (Wildman–Crippen LogP) is 3.74. The minimum atomic E-state index is -0.164. The summed E-state index contributed by atoms with van der Waals surface area (Å²) in [6.07, 6.45) is 3.31. The molecule has 2 rings (SSSR count). The van der Waals surface area contributed by atoms with Crippen molar-refractivity contribution in [2.75, 3.05) is 20.3 Å². The van der Waals surface area contributed by atoms with Crippen LogP contribution in [0.15, 0.2) is 24.3 Å². The van der Waals surface area contributed by atoms with Gasteiger partial charge in [-0.2, -0.15) is 0 Å². The van der Waals surface area contributed by atoms with Gasteiger partial charge in [-0.25, -0.2) is 0 Å². The molecule has 0 saturated heterocycles. The summed E-state index contributed by atoms with van der Waals surface area (Å²) in [4.78, 5) is 0. The van der Waals surface area contributed by atoms with Crippen LogP contribution in [0.4, 0.5) is 0 Å². The molecule has 1 heterocycles. The van der Waals surface area contributed by atoms with Gasteiger partial charge in [-0.15, -0.1) is 0 Å². The van der Waals surface area contributed by atoms with Gasteiger partial charge in [-0.1, -0.05) is 25.1 Å². The summed E-state index contributed by atoms with van der Waals surface area (Å²) in [5.41, 5.74) is 1.18. The Kier molecular flexibility index (Phi) is 5.65. The molecule has 1 aromatic rings. The van der Waals surface area contributed by atoms with E-state index in [2.05, 4.69) is 44.3 Å². The first-order chi connectivity index (χ1) is 10.1. The molecule has 1 N–H and O–H groups in total. The van der Waals surface area contributed by atoms with Gasteiger partial charge in [0.05, 0.1) is 12.2 Å². The Morgan fingerprint density at radius 1 is 1.38 bits per heavy atom. The van der Waals surface area contributed by atoms with Crippen molar-refractivity contribution in [2.45, 2.75) is 57.6 Å². The van der Waals surface area contributed by atoms with E-state index in [1.807, 2.05) is 6.07 Å². The van der Waals surface area contributed by atoms with Crippen molar-refractivity contribution in [3.05, 3.63) is 29.8 Å². The molecule has 1 aliphatic heterocycles. The zero-order chi connectivity index (χ0) is 15.3. The molecule has 2 unspecified atom stereocenters. The van der Waals surface area contributed by atoms with E-state index in [1.54, 1.807) is 7.11 Å². The monoisotopic (exact) mass is 291 g/mol. The Morgan fingerprint density at radius 2 is 2.14 bits per heavy atom. The van der Waals surface area contributed by atoms with Crippen LogP contribution >= 0.6 is 0 Å². The fraction of sp³-hybridized carbons (Fsp3) is 0.667. The van der Waals surface area contributed by atoms with Crippen LogP contribution in [0.2, 0.25) is 0 Å². The molecule has 3 heteroatoms. The van der Waals surface area contributed by atoms with Gasteiger partial charge < -0.3 is 14.8 Å². The summed E-state index contributed by atoms with van der Waals surface area (Å²) in [5.74, 6) is 1.59. The summed E-state index contributed by atoms with van der Waals surface area (Å²) in [6, 6.07) is 8.79. The minimum Gasteiger partial charge on any atom is -0.493 e. The van der Waals surface area contributed by atoms with Crippen LogP contribution in [0.25, 0.3) is 0 Å². The maximum atomic E-state index is 5.78. The first-order valence-electron chi connectivity index (χ1n) is 8.08. The van der Waals surface area contributed by atoms with Crippen molar-refractivity contribution < 1.29 is 9.47 Å². The highest BCUT2D eigenvalue weighted by molar-refractivity contribution is 5.37. The fourth-order valence-corrected chi connectivity index (χ4v) is 3.02. The van der Waals surface area contributed by atoms with E-state index in [4.69, 9.17) is 9.47 Å². The third-order valence-electron chi connectivity index (χ3n) is 4.61. The Balaban J connectivity index is 2.14. The average molecular weight is 291 g/mol. The van der Waals surface area contributed by atoms with E-state index in [1.165, 1.54) is 5.56 Å². The topological polar surface area (TPSA) is 30.5 Å². The van der Waals surface area contributed by atoms with Gasteiger partial charge in [0, 0.05) is 13.2 Å². The number of rotatable bonds is 7. The molecule has 0 aromatic heterocycles. The molecule has 0 amide bonds. The SMILES string of the molecule is CCCNC(CC1CCOc2ccccc21)C(C)(C)OC. The lowest BCUT2D eigenvalue weighted by molar-refractivity contribution is -0.0153. The molecule has 1 aromatic carbocycles. The standard InChI is InChI=1S/C18H29NO2/c1-5-11-19-17(18(2,3)20-4)13-14-10-12-21-16-9-7-6-8-15(14)16/h6-9,14,17,19H,5,10-13H2,1-4H3. The van der Waals surface area contributed by atoms with Crippen molar-refractivity contribution in [3.63, 3.8) is 0 Å². The number of nitrogens with one attached hydrogen (secondary N) is 1. The van der Waals surface area contributed by atoms with E-state index in [9.17, 15) is 0 Å². The third-order valence-corrected chi connectivity index (χ3v) is 4.61. The summed E-state index contributed by atoms with van der Waals surface area (Å²) in [6.45, 7) is 8.39. The van der Waals surface area contributed by atoms with Gasteiger partial charge in [-0.05, 0) is 57.2 Å². The van der Waals surface area contributed by atoms with Gasteiger partial charge >= 0.3 is 0 Å². The molecule has 0 aliphatic carbocycles. The van der Waals surface area contributed by atoms with Crippen LogP contribution in [0.1, 0.15) is 51.5 Å². The van der Waals surface area contributed by atoms with Crippen LogP contribution in [0.3, 0.4) is 0 Å². The van der Waals surface area contributed by atoms with E-state index < -0.39 is 0 Å². The molecule has 0 fully saturated rings. The van der Waals surface area contributed by atoms with Crippen LogP contribution < -0.4 is 10.1 Å². The fourth-order valence-electron chi connectivity index (χ4n) is 3.02. The lowest BCUT2D eigenvalue weighted by Crippen LogP contribution is -2.49. The van der Waals surface area contributed by atoms with E-state index in [0.717, 1.165) is 38.2 Å². The third kappa shape index (κ3) is 3.98. The van der Waals surface area contributed by atoms with Crippen LogP contribution in [-0.4, -0.2) is 31.9 Å². The smallest absolute Gasteiger partial charge is 0.122 e. The van der Waals surface area contributed by atoms with Crippen molar-refractivity contribution >= 4 is 0 Å². The highest BCUT2D eigenvalue weighted by Crippen LogP contribution is 2.37. The first kappa shape index (κ1) is 16.3. The largest absolute Gasteiger partial charge is 0.493 e. The maximum absolute atomic E-state index is 5.78. The molecule has 1 aliphatic rings. The van der Waals surface area contributed by atoms with Crippen LogP contribution in [-0.2, 0) is 4.74 Å². The highest BCUT2D eigenvalue weighted by atomic mass is 16.5. The van der Waals surface area contributed by atoms with Crippen molar-refractivity contribution in [1.82, 2.24) is 5.32 Å². The van der Waals surface area contributed by atoms with Gasteiger partial charge in [0.15, 0.2) is 0 Å². The number of hydrogen-bond donors (Lipinski definition) is 1. The van der Waals surface area contributed by atoms with Gasteiger partial charge in [0.25, 0.3) is 0 Å². The molecular weight excluding hydrogens is 262 g/mol. The van der Waals surface area contributed by atoms with Gasteiger partial charge in [0.2, 0.25) is 0 Å². The molecule has 3 nitrogen and oxygen atoms in total. The second-order valence-electron chi connectivity index (χ2n) is 6.42. The van der Waals surface area contributed by atoms with Gasteiger partial charge in [0.1, 0.15) is 5.75 Å². The van der Waals surface area contributed by atoms with Gasteiger partial charge in [-0.3, -0.25) is 0 Å². The summed E-state index contributed by atoms with van der Waals surface area (Å²) in [7, 11) is 1.80. The van der Waals surface area contributed by atoms with E-state index >= 15 is 0 Å². The molecule has 0 bridgehead atoms. The maximum Gasteiger partial charge on any atom is 0.122 e. The summed E-state index contributed by atoms with van der Waals surface area (Å²) in [5, 5.41) is 3.67. The minimum absolute atomic E-state index is 0.164. The van der Waals surface area contributed by atoms with E-state index in [-0.39, 0.29) is 5.60 Å². The van der Waals surface area contributed by atoms with E-state index in [0.29, 0.717) is 12.0 Å². The first-order valence-corrected chi connectivity index (χ1v) is 8.08. The molecule has 0 spiro atoms. The van der Waals surface area contributed by atoms with Crippen molar-refractivity contribution in [1.29, 1.82) is 0 Å². The quantitative estimate of drug-likeness (QED) is 0.830. The van der Waals surface area contributed by atoms with Crippen LogP contribution in [0, 0.1) is 0 Å². The normalized spacial score (nSPS) is 19.7. The number of benzene rings is 1. The lowest BCUT2D eigenvalue weighted by Gasteiger charge is -2.37. The second-order valence-corrected chi connectivity index (χ2v) is 6.42. The Hall–Kier alpha value is -1.06. The summed E-state index contributed by atoms with van der Waals surface area (Å²) >= 11 is 0. The van der Waals surface area contributed by atoms with Crippen molar-refractivity contribution in [2.24, 2.45) is 0 Å². The number of methoxy groups -OCH3 is 1. The number of para-hydroxylation sites is 1.